The number of carbonyl (C=O) groups excluding carboxylic acids is 1. The van der Waals surface area contributed by atoms with E-state index in [9.17, 15) is 0 Å². The molecular formula is C5H10N2O. The SMILES string of the molecule is C=CC=C.NC(N)=O. The summed E-state index contributed by atoms with van der Waals surface area (Å²) in [6, 6.07) is -0.833. The van der Waals surface area contributed by atoms with E-state index in [2.05, 4.69) is 24.6 Å². The molecule has 0 aromatic heterocycles. The molecule has 3 heteroatoms. The molecule has 2 amide bonds. The molecule has 0 saturated carbocycles. The zero-order valence-electron chi connectivity index (χ0n) is 4.63. The van der Waals surface area contributed by atoms with Crippen molar-refractivity contribution in [2.45, 2.75) is 0 Å². The van der Waals surface area contributed by atoms with E-state index in [0.29, 0.717) is 0 Å². The third kappa shape index (κ3) is 1070. The summed E-state index contributed by atoms with van der Waals surface area (Å²) in [6.45, 7) is 6.72. The van der Waals surface area contributed by atoms with E-state index in [1.54, 1.807) is 12.2 Å². The summed E-state index contributed by atoms with van der Waals surface area (Å²) in [7, 11) is 0. The Kier molecular flexibility index (Phi) is 11.4. The largest absolute Gasteiger partial charge is 0.352 e. The van der Waals surface area contributed by atoms with Crippen molar-refractivity contribution in [2.24, 2.45) is 11.5 Å². The molecule has 0 aromatic carbocycles. The normalized spacial score (nSPS) is 5.50. The Hall–Kier alpha value is -1.25. The van der Waals surface area contributed by atoms with Crippen molar-refractivity contribution < 1.29 is 4.79 Å². The average molecular weight is 114 g/mol. The van der Waals surface area contributed by atoms with E-state index >= 15 is 0 Å². The van der Waals surface area contributed by atoms with Crippen LogP contribution >= 0.6 is 0 Å². The maximum atomic E-state index is 9.00. The quantitative estimate of drug-likeness (QED) is 0.475. The van der Waals surface area contributed by atoms with Crippen molar-refractivity contribution in [3.8, 4) is 0 Å². The smallest absolute Gasteiger partial charge is 0.309 e. The van der Waals surface area contributed by atoms with Crippen molar-refractivity contribution in [3.05, 3.63) is 25.3 Å². The van der Waals surface area contributed by atoms with Crippen molar-refractivity contribution >= 4 is 6.03 Å². The van der Waals surface area contributed by atoms with E-state index in [1.165, 1.54) is 0 Å². The van der Waals surface area contributed by atoms with Gasteiger partial charge in [0.2, 0.25) is 0 Å². The highest BCUT2D eigenvalue weighted by Crippen LogP contribution is 1.52. The molecule has 0 spiro atoms. The van der Waals surface area contributed by atoms with Crippen molar-refractivity contribution in [1.82, 2.24) is 0 Å². The van der Waals surface area contributed by atoms with Crippen LogP contribution in [0.15, 0.2) is 25.3 Å². The van der Waals surface area contributed by atoms with Gasteiger partial charge in [0.1, 0.15) is 0 Å². The van der Waals surface area contributed by atoms with Gasteiger partial charge in [-0.05, 0) is 0 Å². The van der Waals surface area contributed by atoms with Crippen LogP contribution in [0.1, 0.15) is 0 Å². The molecule has 0 heterocycles. The van der Waals surface area contributed by atoms with Gasteiger partial charge >= 0.3 is 6.03 Å². The summed E-state index contributed by atoms with van der Waals surface area (Å²) >= 11 is 0. The van der Waals surface area contributed by atoms with Gasteiger partial charge in [0, 0.05) is 0 Å². The van der Waals surface area contributed by atoms with Crippen LogP contribution in [0.2, 0.25) is 0 Å². The van der Waals surface area contributed by atoms with Crippen LogP contribution in [-0.4, -0.2) is 6.03 Å². The molecule has 0 atom stereocenters. The van der Waals surface area contributed by atoms with Gasteiger partial charge in [-0.3, -0.25) is 0 Å². The first-order chi connectivity index (χ1) is 3.65. The van der Waals surface area contributed by atoms with Crippen LogP contribution in [0.5, 0.6) is 0 Å². The molecule has 8 heavy (non-hydrogen) atoms. The van der Waals surface area contributed by atoms with Crippen LogP contribution in [0, 0.1) is 0 Å². The Labute approximate surface area is 48.7 Å². The van der Waals surface area contributed by atoms with E-state index < -0.39 is 6.03 Å². The minimum Gasteiger partial charge on any atom is -0.352 e. The predicted octanol–water partition coefficient (Wildman–Crippen LogP) is 0.382. The maximum absolute atomic E-state index is 9.00. The number of amides is 2. The summed E-state index contributed by atoms with van der Waals surface area (Å²) < 4.78 is 0. The van der Waals surface area contributed by atoms with Crippen molar-refractivity contribution in [1.29, 1.82) is 0 Å². The Bertz CT molecular complexity index is 78.4. The summed E-state index contributed by atoms with van der Waals surface area (Å²) in [4.78, 5) is 9.00. The lowest BCUT2D eigenvalue weighted by Crippen LogP contribution is -2.18. The number of allylic oxidation sites excluding steroid dienone is 2. The zero-order valence-corrected chi connectivity index (χ0v) is 4.63. The lowest BCUT2D eigenvalue weighted by atomic mass is 10.6. The van der Waals surface area contributed by atoms with Crippen molar-refractivity contribution in [3.63, 3.8) is 0 Å². The van der Waals surface area contributed by atoms with E-state index in [0.717, 1.165) is 0 Å². The molecular weight excluding hydrogens is 104 g/mol. The Balaban J connectivity index is 0. The number of nitrogens with two attached hydrogens (primary N) is 2. The number of carbonyl (C=O) groups is 1. The first-order valence-corrected chi connectivity index (χ1v) is 1.93. The highest BCUT2D eigenvalue weighted by Gasteiger charge is 1.60. The molecule has 0 aliphatic carbocycles. The fourth-order valence-electron chi connectivity index (χ4n) is 0. The van der Waals surface area contributed by atoms with Gasteiger partial charge in [-0.1, -0.05) is 25.3 Å². The second kappa shape index (κ2) is 9.23. The molecule has 0 unspecified atom stereocenters. The third-order valence-corrected chi connectivity index (χ3v) is 0.167. The Morgan fingerprint density at radius 3 is 1.38 bits per heavy atom. The first kappa shape index (κ1) is 9.89. The molecule has 3 nitrogen and oxygen atoms in total. The predicted molar refractivity (Wildman–Crippen MR) is 34.2 cm³/mol. The lowest BCUT2D eigenvalue weighted by molar-refractivity contribution is 0.256. The van der Waals surface area contributed by atoms with E-state index in [-0.39, 0.29) is 0 Å². The van der Waals surface area contributed by atoms with Gasteiger partial charge in [0.05, 0.1) is 0 Å². The topological polar surface area (TPSA) is 69.1 Å². The Morgan fingerprint density at radius 2 is 1.38 bits per heavy atom. The van der Waals surface area contributed by atoms with Crippen LogP contribution in [-0.2, 0) is 0 Å². The zero-order chi connectivity index (χ0) is 6.99. The number of rotatable bonds is 1. The van der Waals surface area contributed by atoms with Gasteiger partial charge in [0.15, 0.2) is 0 Å². The maximum Gasteiger partial charge on any atom is 0.309 e. The number of primary amides is 2. The van der Waals surface area contributed by atoms with Gasteiger partial charge in [-0.2, -0.15) is 0 Å². The summed E-state index contributed by atoms with van der Waals surface area (Å²) in [6.07, 6.45) is 3.28. The molecule has 4 N–H and O–H groups in total. The minimum atomic E-state index is -0.833. The first-order valence-electron chi connectivity index (χ1n) is 1.93. The van der Waals surface area contributed by atoms with E-state index in [1.807, 2.05) is 0 Å². The molecule has 0 radical (unpaired) electrons. The average Bonchev–Trinajstić information content (AvgIpc) is 1.65. The molecule has 0 rings (SSSR count). The monoisotopic (exact) mass is 114 g/mol. The summed E-state index contributed by atoms with van der Waals surface area (Å²) in [5, 5.41) is 0. The molecule has 0 saturated heterocycles. The standard InChI is InChI=1S/C4H6.CH4N2O/c1-3-4-2;2-1(3)4/h3-4H,1-2H2;(H4,2,3,4). The molecule has 0 fully saturated rings. The second-order valence-electron chi connectivity index (χ2n) is 0.874. The summed E-state index contributed by atoms with van der Waals surface area (Å²) in [5.74, 6) is 0. The van der Waals surface area contributed by atoms with Gasteiger partial charge in [0.25, 0.3) is 0 Å². The van der Waals surface area contributed by atoms with Gasteiger partial charge in [-0.15, -0.1) is 0 Å². The number of urea groups is 1. The fourth-order valence-corrected chi connectivity index (χ4v) is 0. The molecule has 0 aliphatic heterocycles. The fraction of sp³-hybridized carbons (Fsp3) is 0. The molecule has 0 bridgehead atoms. The molecule has 0 aromatic rings. The lowest BCUT2D eigenvalue weighted by Gasteiger charge is -1.62. The van der Waals surface area contributed by atoms with Gasteiger partial charge in [-0.25, -0.2) is 4.79 Å². The highest BCUT2D eigenvalue weighted by molar-refractivity contribution is 5.69. The van der Waals surface area contributed by atoms with Crippen LogP contribution < -0.4 is 11.5 Å². The van der Waals surface area contributed by atoms with Crippen LogP contribution in [0.4, 0.5) is 4.79 Å². The minimum absolute atomic E-state index is 0.833. The number of hydrogen-bond donors (Lipinski definition) is 2. The summed E-state index contributed by atoms with van der Waals surface area (Å²) in [5.41, 5.74) is 8.50. The molecule has 0 aliphatic rings. The van der Waals surface area contributed by atoms with Crippen molar-refractivity contribution in [2.75, 3.05) is 0 Å². The van der Waals surface area contributed by atoms with E-state index in [4.69, 9.17) is 4.79 Å². The third-order valence-electron chi connectivity index (χ3n) is 0.167. The number of hydrogen-bond acceptors (Lipinski definition) is 1. The Morgan fingerprint density at radius 1 is 1.25 bits per heavy atom. The van der Waals surface area contributed by atoms with Crippen LogP contribution in [0.25, 0.3) is 0 Å². The molecule has 46 valence electrons. The second-order valence-corrected chi connectivity index (χ2v) is 0.874. The van der Waals surface area contributed by atoms with Crippen LogP contribution in [0.3, 0.4) is 0 Å². The van der Waals surface area contributed by atoms with Gasteiger partial charge < -0.3 is 11.5 Å². The highest BCUT2D eigenvalue weighted by atomic mass is 16.2.